The molecule has 3 nitrogen and oxygen atoms in total. The van der Waals surface area contributed by atoms with Crippen LogP contribution in [0.25, 0.3) is 0 Å². The number of rotatable bonds is 6. The summed E-state index contributed by atoms with van der Waals surface area (Å²) in [6.45, 7) is 9.54. The first-order chi connectivity index (χ1) is 12.8. The normalized spacial score (nSPS) is 24.0. The van der Waals surface area contributed by atoms with Gasteiger partial charge in [-0.15, -0.1) is 0 Å². The summed E-state index contributed by atoms with van der Waals surface area (Å²) in [7, 11) is 0. The molecule has 3 aliphatic rings. The van der Waals surface area contributed by atoms with Crippen molar-refractivity contribution in [2.24, 2.45) is 5.41 Å². The molecule has 1 aliphatic carbocycles. The fourth-order valence-electron chi connectivity index (χ4n) is 5.09. The van der Waals surface area contributed by atoms with Crippen LogP contribution in [0.3, 0.4) is 0 Å². The van der Waals surface area contributed by atoms with E-state index in [0.29, 0.717) is 5.41 Å². The Bertz CT molecular complexity index is 545. The maximum atomic E-state index is 3.49. The number of anilines is 1. The number of likely N-dealkylation sites (tertiary alicyclic amines) is 1. The van der Waals surface area contributed by atoms with Gasteiger partial charge >= 0.3 is 0 Å². The van der Waals surface area contributed by atoms with Crippen molar-refractivity contribution < 1.29 is 0 Å². The molecular formula is C23H37N3. The summed E-state index contributed by atoms with van der Waals surface area (Å²) >= 11 is 0. The third kappa shape index (κ3) is 4.09. The summed E-state index contributed by atoms with van der Waals surface area (Å²) < 4.78 is 0. The van der Waals surface area contributed by atoms with Gasteiger partial charge in [-0.3, -0.25) is 0 Å². The summed E-state index contributed by atoms with van der Waals surface area (Å²) in [5.74, 6) is 0. The predicted octanol–water partition coefficient (Wildman–Crippen LogP) is 4.42. The van der Waals surface area contributed by atoms with Gasteiger partial charge in [-0.25, -0.2) is 0 Å². The number of benzene rings is 1. The van der Waals surface area contributed by atoms with Gasteiger partial charge in [0.15, 0.2) is 0 Å². The first kappa shape index (κ1) is 18.3. The molecule has 1 aromatic carbocycles. The van der Waals surface area contributed by atoms with Gasteiger partial charge in [0.05, 0.1) is 0 Å². The van der Waals surface area contributed by atoms with Gasteiger partial charge in [0.25, 0.3) is 0 Å². The monoisotopic (exact) mass is 355 g/mol. The van der Waals surface area contributed by atoms with Gasteiger partial charge < -0.3 is 15.1 Å². The molecule has 2 saturated heterocycles. The fraction of sp³-hybridized carbons (Fsp3) is 0.739. The highest BCUT2D eigenvalue weighted by atomic mass is 15.2. The minimum absolute atomic E-state index is 0.654. The Morgan fingerprint density at radius 2 is 1.62 bits per heavy atom. The zero-order valence-electron chi connectivity index (χ0n) is 16.7. The van der Waals surface area contributed by atoms with Crippen LogP contribution in [-0.4, -0.2) is 43.7 Å². The van der Waals surface area contributed by atoms with Crippen LogP contribution in [0, 0.1) is 5.41 Å². The molecule has 144 valence electrons. The molecule has 2 aliphatic heterocycles. The van der Waals surface area contributed by atoms with Crippen molar-refractivity contribution in [2.75, 3.05) is 37.6 Å². The maximum absolute atomic E-state index is 3.49. The van der Waals surface area contributed by atoms with Gasteiger partial charge in [0, 0.05) is 31.4 Å². The molecule has 1 spiro atoms. The van der Waals surface area contributed by atoms with E-state index in [1.807, 2.05) is 0 Å². The smallest absolute Gasteiger partial charge is 0.0366 e. The highest BCUT2D eigenvalue weighted by Crippen LogP contribution is 2.43. The Morgan fingerprint density at radius 1 is 0.962 bits per heavy atom. The van der Waals surface area contributed by atoms with E-state index >= 15 is 0 Å². The second kappa shape index (κ2) is 8.31. The summed E-state index contributed by atoms with van der Waals surface area (Å²) in [5.41, 5.74) is 3.48. The average molecular weight is 356 g/mol. The zero-order valence-corrected chi connectivity index (χ0v) is 16.7. The quantitative estimate of drug-likeness (QED) is 0.762. The van der Waals surface area contributed by atoms with Crippen molar-refractivity contribution in [2.45, 2.75) is 70.9 Å². The number of nitrogens with zero attached hydrogens (tertiary/aromatic N) is 2. The number of nitrogens with one attached hydrogen (secondary N) is 1. The minimum atomic E-state index is 0.654. The van der Waals surface area contributed by atoms with Gasteiger partial charge in [0.2, 0.25) is 0 Å². The summed E-state index contributed by atoms with van der Waals surface area (Å²) in [6, 6.07) is 10.2. The van der Waals surface area contributed by atoms with Crippen molar-refractivity contribution in [3.63, 3.8) is 0 Å². The van der Waals surface area contributed by atoms with E-state index in [2.05, 4.69) is 46.3 Å². The third-order valence-corrected chi connectivity index (χ3v) is 7.33. The molecule has 0 bridgehead atoms. The lowest BCUT2D eigenvalue weighted by atomic mass is 9.70. The average Bonchev–Trinajstić information content (AvgIpc) is 2.64. The molecule has 1 saturated carbocycles. The lowest BCUT2D eigenvalue weighted by Gasteiger charge is -2.50. The summed E-state index contributed by atoms with van der Waals surface area (Å²) in [5, 5.41) is 3.49. The number of piperidine rings is 2. The predicted molar refractivity (Wildman–Crippen MR) is 111 cm³/mol. The summed E-state index contributed by atoms with van der Waals surface area (Å²) in [4.78, 5) is 5.42. The zero-order chi connectivity index (χ0) is 17.8. The van der Waals surface area contributed by atoms with E-state index in [1.165, 1.54) is 88.8 Å². The molecule has 0 aromatic heterocycles. The van der Waals surface area contributed by atoms with E-state index in [0.717, 1.165) is 19.1 Å². The van der Waals surface area contributed by atoms with E-state index in [9.17, 15) is 0 Å². The van der Waals surface area contributed by atoms with E-state index in [1.54, 1.807) is 0 Å². The van der Waals surface area contributed by atoms with Gasteiger partial charge in [-0.05, 0) is 87.7 Å². The first-order valence-electron chi connectivity index (χ1n) is 11.1. The highest BCUT2D eigenvalue weighted by Gasteiger charge is 2.39. The van der Waals surface area contributed by atoms with Crippen LogP contribution in [-0.2, 0) is 6.54 Å². The van der Waals surface area contributed by atoms with Crippen molar-refractivity contribution in [3.8, 4) is 0 Å². The van der Waals surface area contributed by atoms with Crippen LogP contribution >= 0.6 is 0 Å². The molecule has 0 radical (unpaired) electrons. The van der Waals surface area contributed by atoms with Crippen LogP contribution in [0.5, 0.6) is 0 Å². The van der Waals surface area contributed by atoms with E-state index in [-0.39, 0.29) is 0 Å². The molecule has 2 heterocycles. The van der Waals surface area contributed by atoms with Gasteiger partial charge in [-0.1, -0.05) is 25.5 Å². The molecule has 0 atom stereocenters. The van der Waals surface area contributed by atoms with Crippen molar-refractivity contribution >= 4 is 5.69 Å². The van der Waals surface area contributed by atoms with Crippen LogP contribution in [0.15, 0.2) is 24.3 Å². The Kier molecular flexibility index (Phi) is 5.85. The second-order valence-corrected chi connectivity index (χ2v) is 8.95. The van der Waals surface area contributed by atoms with Gasteiger partial charge in [-0.2, -0.15) is 0 Å². The van der Waals surface area contributed by atoms with Crippen LogP contribution in [0.2, 0.25) is 0 Å². The fourth-order valence-corrected chi connectivity index (χ4v) is 5.09. The second-order valence-electron chi connectivity index (χ2n) is 8.95. The standard InChI is InChI=1S/C23H37N3/c1-2-14-24-19-20-6-8-22(9-7-20)26-17-12-23(13-18-26)10-15-25(16-11-23)21-4-3-5-21/h6-9,21,24H,2-5,10-19H2,1H3. The van der Waals surface area contributed by atoms with E-state index in [4.69, 9.17) is 0 Å². The maximum Gasteiger partial charge on any atom is 0.0366 e. The Hall–Kier alpha value is -1.06. The largest absolute Gasteiger partial charge is 0.371 e. The Labute approximate surface area is 160 Å². The van der Waals surface area contributed by atoms with Crippen molar-refractivity contribution in [3.05, 3.63) is 29.8 Å². The van der Waals surface area contributed by atoms with Crippen LogP contribution in [0.4, 0.5) is 5.69 Å². The first-order valence-corrected chi connectivity index (χ1v) is 11.1. The highest BCUT2D eigenvalue weighted by molar-refractivity contribution is 5.48. The lowest BCUT2D eigenvalue weighted by molar-refractivity contribution is 0.0306. The molecule has 26 heavy (non-hydrogen) atoms. The molecule has 1 aromatic rings. The molecule has 0 unspecified atom stereocenters. The molecule has 0 amide bonds. The van der Waals surface area contributed by atoms with E-state index < -0.39 is 0 Å². The Morgan fingerprint density at radius 3 is 2.19 bits per heavy atom. The number of hydrogen-bond donors (Lipinski definition) is 1. The van der Waals surface area contributed by atoms with Crippen LogP contribution in [0.1, 0.15) is 63.9 Å². The van der Waals surface area contributed by atoms with Crippen molar-refractivity contribution in [1.82, 2.24) is 10.2 Å². The molecule has 3 fully saturated rings. The third-order valence-electron chi connectivity index (χ3n) is 7.33. The lowest BCUT2D eigenvalue weighted by Crippen LogP contribution is -2.50. The SMILES string of the molecule is CCCNCc1ccc(N2CCC3(CC2)CCN(C2CCC2)CC3)cc1. The molecule has 3 heteroatoms. The molecule has 1 N–H and O–H groups in total. The Balaban J connectivity index is 1.25. The van der Waals surface area contributed by atoms with Crippen LogP contribution < -0.4 is 10.2 Å². The topological polar surface area (TPSA) is 18.5 Å². The number of hydrogen-bond acceptors (Lipinski definition) is 3. The molecule has 4 rings (SSSR count). The van der Waals surface area contributed by atoms with Crippen molar-refractivity contribution in [1.29, 1.82) is 0 Å². The molecular weight excluding hydrogens is 318 g/mol. The minimum Gasteiger partial charge on any atom is -0.371 e. The van der Waals surface area contributed by atoms with Gasteiger partial charge in [0.1, 0.15) is 0 Å². The summed E-state index contributed by atoms with van der Waals surface area (Å²) in [6.07, 6.45) is 11.3.